The average molecular weight is 445 g/mol. The van der Waals surface area contributed by atoms with E-state index in [0.29, 0.717) is 37.8 Å². The molecule has 4 fully saturated rings. The predicted molar refractivity (Wildman–Crippen MR) is 116 cm³/mol. The van der Waals surface area contributed by atoms with Crippen LogP contribution in [0.5, 0.6) is 5.75 Å². The Morgan fingerprint density at radius 3 is 2.84 bits per heavy atom. The summed E-state index contributed by atoms with van der Waals surface area (Å²) in [7, 11) is 0. The van der Waals surface area contributed by atoms with Gasteiger partial charge in [0.05, 0.1) is 19.8 Å². The summed E-state index contributed by atoms with van der Waals surface area (Å²) in [6, 6.07) is 5.76. The quantitative estimate of drug-likeness (QED) is 0.696. The molecule has 1 aliphatic carbocycles. The second-order valence-corrected chi connectivity index (χ2v) is 10.4. The van der Waals surface area contributed by atoms with Crippen molar-refractivity contribution >= 4 is 6.09 Å². The summed E-state index contributed by atoms with van der Waals surface area (Å²) in [5.74, 6) is 1.25. The van der Waals surface area contributed by atoms with Gasteiger partial charge in [-0.25, -0.2) is 9.18 Å². The van der Waals surface area contributed by atoms with E-state index < -0.39 is 0 Å². The maximum Gasteiger partial charge on any atom is 0.410 e. The van der Waals surface area contributed by atoms with Crippen LogP contribution in [0.4, 0.5) is 9.18 Å². The van der Waals surface area contributed by atoms with Gasteiger partial charge in [-0.05, 0) is 75.7 Å². The summed E-state index contributed by atoms with van der Waals surface area (Å²) in [5.41, 5.74) is 1.01. The molecule has 6 rings (SSSR count). The van der Waals surface area contributed by atoms with E-state index in [-0.39, 0.29) is 23.4 Å². The Labute approximate surface area is 189 Å². The molecule has 5 aliphatic rings. The smallest absolute Gasteiger partial charge is 0.410 e. The normalized spacial score (nSPS) is 33.7. The van der Waals surface area contributed by atoms with Gasteiger partial charge in [0.25, 0.3) is 0 Å². The minimum absolute atomic E-state index is 0.0432. The number of hydrogen-bond acceptors (Lipinski definition) is 5. The van der Waals surface area contributed by atoms with Crippen molar-refractivity contribution in [2.24, 2.45) is 5.92 Å². The third-order valence-electron chi connectivity index (χ3n) is 8.69. The van der Waals surface area contributed by atoms with Gasteiger partial charge in [0.1, 0.15) is 17.7 Å². The molecular weight excluding hydrogens is 411 g/mol. The van der Waals surface area contributed by atoms with Crippen molar-refractivity contribution in [3.8, 4) is 5.75 Å². The molecule has 32 heavy (non-hydrogen) atoms. The number of carbonyl (C=O) groups excluding carboxylic acids is 1. The van der Waals surface area contributed by atoms with Gasteiger partial charge in [0, 0.05) is 36.0 Å². The van der Waals surface area contributed by atoms with Crippen LogP contribution in [0.3, 0.4) is 0 Å². The third kappa shape index (κ3) is 3.58. The van der Waals surface area contributed by atoms with Crippen LogP contribution in [0.1, 0.15) is 50.5 Å². The van der Waals surface area contributed by atoms with Gasteiger partial charge < -0.3 is 24.0 Å². The Balaban J connectivity index is 1.10. The van der Waals surface area contributed by atoms with Crippen molar-refractivity contribution in [3.05, 3.63) is 29.6 Å². The average Bonchev–Trinajstić information content (AvgIpc) is 3.54. The highest BCUT2D eigenvalue weighted by molar-refractivity contribution is 5.68. The van der Waals surface area contributed by atoms with Gasteiger partial charge in [-0.15, -0.1) is 0 Å². The first kappa shape index (κ1) is 20.7. The Kier molecular flexibility index (Phi) is 5.29. The van der Waals surface area contributed by atoms with E-state index in [1.165, 1.54) is 12.5 Å². The second kappa shape index (κ2) is 8.17. The Morgan fingerprint density at radius 2 is 2.03 bits per heavy atom. The lowest BCUT2D eigenvalue weighted by atomic mass is 9.74. The van der Waals surface area contributed by atoms with Crippen molar-refractivity contribution in [1.82, 2.24) is 9.80 Å². The van der Waals surface area contributed by atoms with E-state index in [2.05, 4.69) is 4.90 Å². The zero-order valence-corrected chi connectivity index (χ0v) is 18.6. The van der Waals surface area contributed by atoms with Crippen LogP contribution in [0.2, 0.25) is 0 Å². The van der Waals surface area contributed by atoms with E-state index in [1.807, 2.05) is 4.90 Å². The number of rotatable bonds is 2. The number of fused-ring (bicyclic) bond motifs is 3. The largest absolute Gasteiger partial charge is 0.492 e. The second-order valence-electron chi connectivity index (χ2n) is 10.4. The predicted octanol–water partition coefficient (Wildman–Crippen LogP) is 3.72. The van der Waals surface area contributed by atoms with Gasteiger partial charge in [-0.1, -0.05) is 0 Å². The first-order valence-electron chi connectivity index (χ1n) is 12.3. The summed E-state index contributed by atoms with van der Waals surface area (Å²) in [6.45, 7) is 4.71. The SMILES string of the molecule is O=C(O[C@H]1CCOC1)N1CCCC2CC(N3CCC4(CC3)COc3ccc(F)cc34)CC21. The number of benzene rings is 1. The molecule has 3 unspecified atom stereocenters. The highest BCUT2D eigenvalue weighted by Gasteiger charge is 2.48. The van der Waals surface area contributed by atoms with Crippen LogP contribution < -0.4 is 4.74 Å². The zero-order chi connectivity index (χ0) is 21.7. The van der Waals surface area contributed by atoms with E-state index >= 15 is 0 Å². The standard InChI is InChI=1S/C25H33FN2O4/c26-18-3-4-23-21(13-18)25(16-31-23)6-9-27(10-7-25)19-12-17-2-1-8-28(22(17)14-19)24(29)32-20-5-11-30-15-20/h3-4,13,17,19-20,22H,1-2,5-12,14-16H2/t17?,19?,20-,22?/m0/s1. The highest BCUT2D eigenvalue weighted by atomic mass is 19.1. The zero-order valence-electron chi connectivity index (χ0n) is 18.6. The summed E-state index contributed by atoms with van der Waals surface area (Å²) < 4.78 is 30.9. The number of likely N-dealkylation sites (tertiary alicyclic amines) is 2. The van der Waals surface area contributed by atoms with Crippen LogP contribution in [0.25, 0.3) is 0 Å². The minimum Gasteiger partial charge on any atom is -0.492 e. The molecule has 1 spiro atoms. The van der Waals surface area contributed by atoms with Crippen molar-refractivity contribution in [3.63, 3.8) is 0 Å². The van der Waals surface area contributed by atoms with Crippen molar-refractivity contribution in [2.75, 3.05) is 39.5 Å². The molecule has 0 N–H and O–H groups in total. The maximum absolute atomic E-state index is 13.9. The molecule has 0 aromatic heterocycles. The molecule has 174 valence electrons. The first-order valence-corrected chi connectivity index (χ1v) is 12.3. The van der Waals surface area contributed by atoms with Crippen molar-refractivity contribution < 1.29 is 23.4 Å². The molecule has 4 heterocycles. The molecule has 4 atom stereocenters. The van der Waals surface area contributed by atoms with Crippen LogP contribution in [-0.2, 0) is 14.9 Å². The van der Waals surface area contributed by atoms with E-state index in [0.717, 1.165) is 69.5 Å². The highest BCUT2D eigenvalue weighted by Crippen LogP contribution is 2.47. The number of nitrogens with zero attached hydrogens (tertiary/aromatic N) is 2. The molecule has 4 aliphatic heterocycles. The molecule has 0 radical (unpaired) electrons. The Morgan fingerprint density at radius 1 is 1.16 bits per heavy atom. The summed E-state index contributed by atoms with van der Waals surface area (Å²) >= 11 is 0. The van der Waals surface area contributed by atoms with Crippen LogP contribution in [0.15, 0.2) is 18.2 Å². The van der Waals surface area contributed by atoms with Crippen molar-refractivity contribution in [2.45, 2.75) is 68.5 Å². The molecule has 1 saturated carbocycles. The Hall–Kier alpha value is -1.86. The summed E-state index contributed by atoms with van der Waals surface area (Å²) in [4.78, 5) is 17.5. The van der Waals surface area contributed by atoms with Gasteiger partial charge >= 0.3 is 6.09 Å². The van der Waals surface area contributed by atoms with Gasteiger partial charge in [0.15, 0.2) is 0 Å². The number of ether oxygens (including phenoxy) is 3. The van der Waals surface area contributed by atoms with Crippen LogP contribution >= 0.6 is 0 Å². The molecule has 1 aromatic carbocycles. The van der Waals surface area contributed by atoms with Gasteiger partial charge in [0.2, 0.25) is 0 Å². The molecule has 6 nitrogen and oxygen atoms in total. The molecule has 7 heteroatoms. The first-order chi connectivity index (χ1) is 15.6. The molecule has 3 saturated heterocycles. The molecular formula is C25H33FN2O4. The topological polar surface area (TPSA) is 51.2 Å². The molecule has 1 aromatic rings. The van der Waals surface area contributed by atoms with E-state index in [9.17, 15) is 9.18 Å². The Bertz CT molecular complexity index is 865. The summed E-state index contributed by atoms with van der Waals surface area (Å²) in [5, 5.41) is 0. The van der Waals surface area contributed by atoms with Gasteiger partial charge in [-0.2, -0.15) is 0 Å². The van der Waals surface area contributed by atoms with E-state index in [4.69, 9.17) is 14.2 Å². The van der Waals surface area contributed by atoms with Crippen LogP contribution in [0, 0.1) is 11.7 Å². The lowest BCUT2D eigenvalue weighted by molar-refractivity contribution is 0.0286. The fourth-order valence-corrected chi connectivity index (χ4v) is 6.86. The number of piperidine rings is 2. The number of halogens is 1. The van der Waals surface area contributed by atoms with E-state index in [1.54, 1.807) is 12.1 Å². The van der Waals surface area contributed by atoms with Crippen LogP contribution in [-0.4, -0.2) is 73.5 Å². The van der Waals surface area contributed by atoms with Crippen molar-refractivity contribution in [1.29, 1.82) is 0 Å². The minimum atomic E-state index is -0.174. The lowest BCUT2D eigenvalue weighted by Crippen LogP contribution is -2.49. The lowest BCUT2D eigenvalue weighted by Gasteiger charge is -2.41. The number of hydrogen-bond donors (Lipinski definition) is 0. The fourth-order valence-electron chi connectivity index (χ4n) is 6.86. The third-order valence-corrected chi connectivity index (χ3v) is 8.69. The molecule has 1 amide bonds. The maximum atomic E-state index is 13.9. The fraction of sp³-hybridized carbons (Fsp3) is 0.720. The number of carbonyl (C=O) groups is 1. The monoisotopic (exact) mass is 444 g/mol. The van der Waals surface area contributed by atoms with Gasteiger partial charge in [-0.3, -0.25) is 0 Å². The summed E-state index contributed by atoms with van der Waals surface area (Å²) in [6.07, 6.45) is 7.05. The molecule has 0 bridgehead atoms. The number of amides is 1.